The van der Waals surface area contributed by atoms with Crippen LogP contribution in [0.3, 0.4) is 0 Å². The second-order valence-electron chi connectivity index (χ2n) is 7.54. The van der Waals surface area contributed by atoms with E-state index in [9.17, 15) is 0 Å². The average Bonchev–Trinajstić information content (AvgIpc) is 3.21. The van der Waals surface area contributed by atoms with E-state index in [1.54, 1.807) is 12.5 Å². The Balaban J connectivity index is 0.00000280. The fourth-order valence-corrected chi connectivity index (χ4v) is 3.82. The second kappa shape index (κ2) is 12.0. The number of hydrogen-bond acceptors (Lipinski definition) is 3. The first-order valence-electron chi connectivity index (χ1n) is 10.2. The highest BCUT2D eigenvalue weighted by Crippen LogP contribution is 2.30. The van der Waals surface area contributed by atoms with Gasteiger partial charge >= 0.3 is 0 Å². The second-order valence-corrected chi connectivity index (χ2v) is 7.54. The van der Waals surface area contributed by atoms with Crippen LogP contribution >= 0.6 is 24.0 Å². The third-order valence-corrected chi connectivity index (χ3v) is 5.23. The van der Waals surface area contributed by atoms with Crippen LogP contribution in [-0.4, -0.2) is 33.6 Å². The highest BCUT2D eigenvalue weighted by molar-refractivity contribution is 14.0. The first-order chi connectivity index (χ1) is 13.2. The Bertz CT molecular complexity index is 715. The fraction of sp³-hybridized carbons (Fsp3) is 0.571. The van der Waals surface area contributed by atoms with E-state index in [1.807, 2.05) is 23.0 Å². The van der Waals surface area contributed by atoms with Crippen molar-refractivity contribution >= 4 is 29.9 Å². The van der Waals surface area contributed by atoms with Gasteiger partial charge in [-0.15, -0.1) is 24.0 Å². The van der Waals surface area contributed by atoms with Crippen LogP contribution in [0.25, 0.3) is 5.82 Å². The van der Waals surface area contributed by atoms with Gasteiger partial charge in [0.2, 0.25) is 0 Å². The fourth-order valence-electron chi connectivity index (χ4n) is 3.82. The third-order valence-electron chi connectivity index (χ3n) is 5.23. The number of aromatic nitrogens is 3. The van der Waals surface area contributed by atoms with Crippen molar-refractivity contribution < 1.29 is 0 Å². The summed E-state index contributed by atoms with van der Waals surface area (Å²) in [6.07, 6.45) is 14.0. The van der Waals surface area contributed by atoms with Gasteiger partial charge in [0.25, 0.3) is 0 Å². The Kier molecular flexibility index (Phi) is 9.73. The first-order valence-corrected chi connectivity index (χ1v) is 10.2. The molecule has 2 aromatic heterocycles. The number of aliphatic imine (C=N–C) groups is 1. The molecular formula is C21H33IN6. The molecule has 3 rings (SSSR count). The molecule has 1 aliphatic rings. The topological polar surface area (TPSA) is 67.1 Å². The molecule has 0 aromatic carbocycles. The number of pyridine rings is 1. The van der Waals surface area contributed by atoms with E-state index in [1.165, 1.54) is 32.1 Å². The first kappa shape index (κ1) is 22.6. The highest BCUT2D eigenvalue weighted by atomic mass is 127. The van der Waals surface area contributed by atoms with Crippen molar-refractivity contribution in [3.05, 3.63) is 42.6 Å². The van der Waals surface area contributed by atoms with Gasteiger partial charge in [-0.25, -0.2) is 15.0 Å². The third kappa shape index (κ3) is 7.07. The number of rotatable bonds is 7. The van der Waals surface area contributed by atoms with E-state index in [2.05, 4.69) is 40.5 Å². The molecule has 0 saturated heterocycles. The number of halogens is 1. The Morgan fingerprint density at radius 3 is 2.93 bits per heavy atom. The summed E-state index contributed by atoms with van der Waals surface area (Å²) >= 11 is 0. The number of nitrogens with zero attached hydrogens (tertiary/aromatic N) is 4. The molecule has 0 aliphatic heterocycles. The summed E-state index contributed by atoms with van der Waals surface area (Å²) in [6.45, 7) is 6.96. The molecule has 2 aromatic rings. The standard InChI is InChI=1S/C21H32N6.HI/c1-3-23-21(25-10-7-18-6-4-5-17(2)13-18)26-15-19-8-9-24-20(14-19)27-12-11-22-16-27;/h8-9,11-12,14,16-18H,3-7,10,13,15H2,1-2H3,(H2,23,25,26);1H. The van der Waals surface area contributed by atoms with E-state index >= 15 is 0 Å². The Labute approximate surface area is 185 Å². The molecule has 28 heavy (non-hydrogen) atoms. The molecule has 1 aliphatic carbocycles. The molecule has 2 heterocycles. The van der Waals surface area contributed by atoms with Crippen molar-refractivity contribution in [2.45, 2.75) is 52.5 Å². The summed E-state index contributed by atoms with van der Waals surface area (Å²) in [6, 6.07) is 4.06. The predicted molar refractivity (Wildman–Crippen MR) is 125 cm³/mol. The number of nitrogens with one attached hydrogen (secondary N) is 2. The largest absolute Gasteiger partial charge is 0.357 e. The minimum absolute atomic E-state index is 0. The molecule has 1 fully saturated rings. The maximum Gasteiger partial charge on any atom is 0.191 e. The van der Waals surface area contributed by atoms with Crippen LogP contribution in [0.1, 0.15) is 51.5 Å². The van der Waals surface area contributed by atoms with Gasteiger partial charge in [-0.1, -0.05) is 26.2 Å². The molecule has 0 spiro atoms. The van der Waals surface area contributed by atoms with Crippen molar-refractivity contribution in [3.8, 4) is 5.82 Å². The van der Waals surface area contributed by atoms with E-state index in [0.717, 1.165) is 42.3 Å². The van der Waals surface area contributed by atoms with E-state index in [4.69, 9.17) is 4.99 Å². The van der Waals surface area contributed by atoms with Crippen molar-refractivity contribution in [1.82, 2.24) is 25.2 Å². The maximum absolute atomic E-state index is 4.75. The van der Waals surface area contributed by atoms with Gasteiger partial charge in [0.15, 0.2) is 5.96 Å². The summed E-state index contributed by atoms with van der Waals surface area (Å²) in [5, 5.41) is 6.85. The van der Waals surface area contributed by atoms with Crippen molar-refractivity contribution in [2.24, 2.45) is 16.8 Å². The lowest BCUT2D eigenvalue weighted by atomic mass is 9.81. The van der Waals surface area contributed by atoms with Crippen molar-refractivity contribution in [1.29, 1.82) is 0 Å². The lowest BCUT2D eigenvalue weighted by Gasteiger charge is -2.26. The summed E-state index contributed by atoms with van der Waals surface area (Å²) in [5.41, 5.74) is 1.13. The van der Waals surface area contributed by atoms with Crippen LogP contribution in [0, 0.1) is 11.8 Å². The summed E-state index contributed by atoms with van der Waals surface area (Å²) in [5.74, 6) is 3.51. The average molecular weight is 496 g/mol. The van der Waals surface area contributed by atoms with Gasteiger partial charge in [0.1, 0.15) is 12.1 Å². The minimum Gasteiger partial charge on any atom is -0.357 e. The zero-order valence-corrected chi connectivity index (χ0v) is 19.3. The molecule has 0 radical (unpaired) electrons. The number of guanidine groups is 1. The minimum atomic E-state index is 0. The van der Waals surface area contributed by atoms with E-state index in [-0.39, 0.29) is 24.0 Å². The molecular weight excluding hydrogens is 463 g/mol. The maximum atomic E-state index is 4.75. The summed E-state index contributed by atoms with van der Waals surface area (Å²) in [7, 11) is 0. The van der Waals surface area contributed by atoms with Crippen LogP contribution in [0.2, 0.25) is 0 Å². The van der Waals surface area contributed by atoms with Gasteiger partial charge < -0.3 is 10.6 Å². The van der Waals surface area contributed by atoms with Crippen molar-refractivity contribution in [2.75, 3.05) is 13.1 Å². The molecule has 1 saturated carbocycles. The molecule has 154 valence electrons. The molecule has 7 heteroatoms. The van der Waals surface area contributed by atoms with Crippen LogP contribution in [0.4, 0.5) is 0 Å². The lowest BCUT2D eigenvalue weighted by molar-refractivity contribution is 0.270. The molecule has 0 amide bonds. The van der Waals surface area contributed by atoms with Crippen LogP contribution < -0.4 is 10.6 Å². The predicted octanol–water partition coefficient (Wildman–Crippen LogP) is 4.16. The Hall–Kier alpha value is -1.64. The highest BCUT2D eigenvalue weighted by Gasteiger charge is 2.18. The van der Waals surface area contributed by atoms with Gasteiger partial charge in [0, 0.05) is 31.7 Å². The number of imidazole rings is 1. The van der Waals surface area contributed by atoms with Crippen molar-refractivity contribution in [3.63, 3.8) is 0 Å². The van der Waals surface area contributed by atoms with Gasteiger partial charge in [-0.2, -0.15) is 0 Å². The lowest BCUT2D eigenvalue weighted by Crippen LogP contribution is -2.38. The van der Waals surface area contributed by atoms with Gasteiger partial charge in [-0.3, -0.25) is 4.57 Å². The smallest absolute Gasteiger partial charge is 0.191 e. The summed E-state index contributed by atoms with van der Waals surface area (Å²) in [4.78, 5) is 13.2. The molecule has 2 N–H and O–H groups in total. The quantitative estimate of drug-likeness (QED) is 0.343. The molecule has 2 atom stereocenters. The van der Waals surface area contributed by atoms with Gasteiger partial charge in [-0.05, 0) is 49.3 Å². The monoisotopic (exact) mass is 496 g/mol. The SMILES string of the molecule is CCNC(=NCc1ccnc(-n2ccnc2)c1)NCCC1CCCC(C)C1.I. The number of hydrogen-bond donors (Lipinski definition) is 2. The Morgan fingerprint density at radius 2 is 2.18 bits per heavy atom. The Morgan fingerprint density at radius 1 is 1.29 bits per heavy atom. The summed E-state index contributed by atoms with van der Waals surface area (Å²) < 4.78 is 1.90. The van der Waals surface area contributed by atoms with E-state index in [0.29, 0.717) is 6.54 Å². The van der Waals surface area contributed by atoms with Crippen LogP contribution in [-0.2, 0) is 6.54 Å². The zero-order chi connectivity index (χ0) is 18.9. The van der Waals surface area contributed by atoms with Gasteiger partial charge in [0.05, 0.1) is 6.54 Å². The molecule has 2 unspecified atom stereocenters. The zero-order valence-electron chi connectivity index (χ0n) is 17.0. The normalized spacial score (nSPS) is 19.7. The van der Waals surface area contributed by atoms with Crippen LogP contribution in [0.15, 0.2) is 42.0 Å². The van der Waals surface area contributed by atoms with Crippen LogP contribution in [0.5, 0.6) is 0 Å². The molecule has 6 nitrogen and oxygen atoms in total. The molecule has 0 bridgehead atoms. The van der Waals surface area contributed by atoms with E-state index < -0.39 is 0 Å².